The Hall–Kier alpha value is -3.35. The number of nitrogens with one attached hydrogen (secondary N) is 2. The molecule has 0 atom stereocenters. The molecule has 1 fully saturated rings. The predicted octanol–water partition coefficient (Wildman–Crippen LogP) is 3.32. The van der Waals surface area contributed by atoms with Crippen LogP contribution in [0.2, 0.25) is 0 Å². The Morgan fingerprint density at radius 2 is 1.54 bits per heavy atom. The minimum absolute atomic E-state index is 0.0403. The van der Waals surface area contributed by atoms with Gasteiger partial charge in [0.15, 0.2) is 0 Å². The molecule has 7 heteroatoms. The summed E-state index contributed by atoms with van der Waals surface area (Å²) in [5, 5.41) is 14.8. The average molecular weight is 382 g/mol. The van der Waals surface area contributed by atoms with Gasteiger partial charge in [-0.25, -0.2) is 4.79 Å². The van der Waals surface area contributed by atoms with Gasteiger partial charge in [0.1, 0.15) is 5.75 Å². The lowest BCUT2D eigenvalue weighted by atomic mass is 10.1. The van der Waals surface area contributed by atoms with Gasteiger partial charge >= 0.3 is 5.97 Å². The highest BCUT2D eigenvalue weighted by atomic mass is 16.5. The second kappa shape index (κ2) is 8.12. The lowest BCUT2D eigenvalue weighted by Crippen LogP contribution is -2.25. The van der Waals surface area contributed by atoms with E-state index in [1.165, 1.54) is 18.2 Å². The molecule has 1 aliphatic carbocycles. The van der Waals surface area contributed by atoms with E-state index in [4.69, 9.17) is 4.74 Å². The van der Waals surface area contributed by atoms with Crippen molar-refractivity contribution in [2.24, 2.45) is 0 Å². The highest BCUT2D eigenvalue weighted by Crippen LogP contribution is 2.27. The molecular weight excluding hydrogens is 360 g/mol. The van der Waals surface area contributed by atoms with Crippen molar-refractivity contribution in [2.75, 3.05) is 5.32 Å². The second-order valence-corrected chi connectivity index (χ2v) is 6.96. The molecule has 0 radical (unpaired) electrons. The van der Waals surface area contributed by atoms with Crippen molar-refractivity contribution in [2.45, 2.75) is 38.8 Å². The molecule has 3 N–H and O–H groups in total. The molecule has 0 bridgehead atoms. The summed E-state index contributed by atoms with van der Waals surface area (Å²) in [5.41, 5.74) is 1.15. The van der Waals surface area contributed by atoms with Crippen molar-refractivity contribution in [1.82, 2.24) is 5.32 Å². The zero-order chi connectivity index (χ0) is 20.3. The molecule has 0 spiro atoms. The predicted molar refractivity (Wildman–Crippen MR) is 104 cm³/mol. The minimum Gasteiger partial charge on any atom is -0.489 e. The number of rotatable bonds is 7. The van der Waals surface area contributed by atoms with Crippen LogP contribution in [-0.2, 0) is 0 Å². The summed E-state index contributed by atoms with van der Waals surface area (Å²) < 4.78 is 5.65. The van der Waals surface area contributed by atoms with E-state index in [-0.39, 0.29) is 29.3 Å². The van der Waals surface area contributed by atoms with Gasteiger partial charge in [-0.15, -0.1) is 0 Å². The maximum Gasteiger partial charge on any atom is 0.335 e. The monoisotopic (exact) mass is 382 g/mol. The quantitative estimate of drug-likeness (QED) is 0.681. The van der Waals surface area contributed by atoms with Crippen LogP contribution in [0, 0.1) is 0 Å². The van der Waals surface area contributed by atoms with Gasteiger partial charge in [0.25, 0.3) is 11.8 Å². The van der Waals surface area contributed by atoms with Crippen molar-refractivity contribution < 1.29 is 24.2 Å². The number of carboxylic acids is 1. The van der Waals surface area contributed by atoms with Crippen molar-refractivity contribution >= 4 is 23.5 Å². The van der Waals surface area contributed by atoms with Crippen LogP contribution in [0.4, 0.5) is 5.69 Å². The van der Waals surface area contributed by atoms with Gasteiger partial charge in [0.05, 0.1) is 17.4 Å². The number of amides is 2. The minimum atomic E-state index is -1.10. The number of carboxylic acid groups (broad SMARTS) is 1. The normalized spacial score (nSPS) is 13.1. The molecule has 2 aromatic carbocycles. The molecule has 0 saturated heterocycles. The Labute approximate surface area is 162 Å². The number of hydrogen-bond acceptors (Lipinski definition) is 4. The van der Waals surface area contributed by atoms with Crippen LogP contribution in [0.15, 0.2) is 42.5 Å². The fourth-order valence-electron chi connectivity index (χ4n) is 2.58. The SMILES string of the molecule is CC(C)Oc1ccc(C(=O)O)cc1NC(=O)c1ccc(C(=O)NC2CC2)cc1. The van der Waals surface area contributed by atoms with E-state index >= 15 is 0 Å². The van der Waals surface area contributed by atoms with Crippen molar-refractivity contribution in [3.8, 4) is 5.75 Å². The second-order valence-electron chi connectivity index (χ2n) is 6.96. The smallest absolute Gasteiger partial charge is 0.335 e. The third kappa shape index (κ3) is 4.88. The number of carbonyl (C=O) groups excluding carboxylic acids is 2. The van der Waals surface area contributed by atoms with Crippen LogP contribution in [-0.4, -0.2) is 35.0 Å². The van der Waals surface area contributed by atoms with Gasteiger partial charge in [-0.2, -0.15) is 0 Å². The first-order chi connectivity index (χ1) is 13.3. The fraction of sp³-hybridized carbons (Fsp3) is 0.286. The van der Waals surface area contributed by atoms with Crippen LogP contribution >= 0.6 is 0 Å². The number of anilines is 1. The highest BCUT2D eigenvalue weighted by Gasteiger charge is 2.23. The van der Waals surface area contributed by atoms with Gasteiger partial charge in [-0.1, -0.05) is 0 Å². The van der Waals surface area contributed by atoms with E-state index in [9.17, 15) is 19.5 Å². The van der Waals surface area contributed by atoms with Crippen LogP contribution in [0.25, 0.3) is 0 Å². The number of aromatic carboxylic acids is 1. The third-order valence-corrected chi connectivity index (χ3v) is 4.16. The number of benzene rings is 2. The van der Waals surface area contributed by atoms with E-state index < -0.39 is 11.9 Å². The molecule has 1 saturated carbocycles. The summed E-state index contributed by atoms with van der Waals surface area (Å²) in [6.07, 6.45) is 1.86. The molecular formula is C21H22N2O5. The Morgan fingerprint density at radius 1 is 0.964 bits per heavy atom. The maximum atomic E-state index is 12.6. The van der Waals surface area contributed by atoms with Crippen LogP contribution in [0.5, 0.6) is 5.75 Å². The van der Waals surface area contributed by atoms with E-state index in [1.54, 1.807) is 24.3 Å². The van der Waals surface area contributed by atoms with Crippen LogP contribution in [0.3, 0.4) is 0 Å². The Kier molecular flexibility index (Phi) is 5.63. The van der Waals surface area contributed by atoms with Crippen LogP contribution in [0.1, 0.15) is 57.8 Å². The summed E-state index contributed by atoms with van der Waals surface area (Å²) in [5.74, 6) is -1.30. The molecule has 28 heavy (non-hydrogen) atoms. The van der Waals surface area contributed by atoms with Crippen molar-refractivity contribution in [1.29, 1.82) is 0 Å². The van der Waals surface area contributed by atoms with Gasteiger partial charge in [-0.3, -0.25) is 9.59 Å². The molecule has 1 aliphatic rings. The number of carbonyl (C=O) groups is 3. The van der Waals surface area contributed by atoms with E-state index in [1.807, 2.05) is 13.8 Å². The van der Waals surface area contributed by atoms with Gasteiger partial charge < -0.3 is 20.5 Å². The average Bonchev–Trinajstić information content (AvgIpc) is 3.46. The molecule has 146 valence electrons. The lowest BCUT2D eigenvalue weighted by molar-refractivity contribution is 0.0696. The van der Waals surface area contributed by atoms with Gasteiger partial charge in [0.2, 0.25) is 0 Å². The first-order valence-electron chi connectivity index (χ1n) is 9.10. The summed E-state index contributed by atoms with van der Waals surface area (Å²) >= 11 is 0. The Bertz CT molecular complexity index is 902. The largest absolute Gasteiger partial charge is 0.489 e. The zero-order valence-electron chi connectivity index (χ0n) is 15.7. The molecule has 3 rings (SSSR count). The van der Waals surface area contributed by atoms with Gasteiger partial charge in [-0.05, 0) is 69.2 Å². The number of hydrogen-bond donors (Lipinski definition) is 3. The first-order valence-corrected chi connectivity index (χ1v) is 9.10. The number of ether oxygens (including phenoxy) is 1. The van der Waals surface area contributed by atoms with Crippen molar-refractivity contribution in [3.63, 3.8) is 0 Å². The summed E-state index contributed by atoms with van der Waals surface area (Å²) in [7, 11) is 0. The summed E-state index contributed by atoms with van der Waals surface area (Å²) in [4.78, 5) is 35.9. The summed E-state index contributed by atoms with van der Waals surface area (Å²) in [6, 6.07) is 10.8. The lowest BCUT2D eigenvalue weighted by Gasteiger charge is -2.15. The molecule has 0 aliphatic heterocycles. The standard InChI is InChI=1S/C21H22N2O5/c1-12(2)28-18-10-7-15(21(26)27)11-17(18)23-20(25)14-5-3-13(4-6-14)19(24)22-16-8-9-16/h3-7,10-12,16H,8-9H2,1-2H3,(H,22,24)(H,23,25)(H,26,27). The topological polar surface area (TPSA) is 105 Å². The van der Waals surface area contributed by atoms with Crippen molar-refractivity contribution in [3.05, 3.63) is 59.2 Å². The molecule has 2 aromatic rings. The first kappa shape index (κ1) is 19.4. The highest BCUT2D eigenvalue weighted by molar-refractivity contribution is 6.06. The van der Waals surface area contributed by atoms with E-state index in [0.29, 0.717) is 16.9 Å². The molecule has 0 unspecified atom stereocenters. The molecule has 0 heterocycles. The molecule has 7 nitrogen and oxygen atoms in total. The van der Waals surface area contributed by atoms with E-state index in [2.05, 4.69) is 10.6 Å². The van der Waals surface area contributed by atoms with Crippen LogP contribution < -0.4 is 15.4 Å². The van der Waals surface area contributed by atoms with Gasteiger partial charge in [0, 0.05) is 17.2 Å². The zero-order valence-corrected chi connectivity index (χ0v) is 15.7. The Morgan fingerprint density at radius 3 is 2.07 bits per heavy atom. The molecule has 0 aromatic heterocycles. The Balaban J connectivity index is 1.76. The summed E-state index contributed by atoms with van der Waals surface area (Å²) in [6.45, 7) is 3.67. The molecule has 2 amide bonds. The fourth-order valence-corrected chi connectivity index (χ4v) is 2.58. The van der Waals surface area contributed by atoms with E-state index in [0.717, 1.165) is 12.8 Å². The third-order valence-electron chi connectivity index (χ3n) is 4.16. The maximum absolute atomic E-state index is 12.6.